The van der Waals surface area contributed by atoms with Gasteiger partial charge in [-0.3, -0.25) is 4.79 Å². The lowest BCUT2D eigenvalue weighted by atomic mass is 9.58. The number of hydrogen-bond acceptors (Lipinski definition) is 2. The SMILES string of the molecule is CC1(C)CC2=CC(=O)CC[C@@]2(C)[C@H](O[Si](C)(C)C(C)(C)C)C1. The molecule has 1 fully saturated rings. The molecule has 0 aliphatic heterocycles. The molecule has 0 saturated heterocycles. The summed E-state index contributed by atoms with van der Waals surface area (Å²) < 4.78 is 6.87. The van der Waals surface area contributed by atoms with E-state index in [9.17, 15) is 4.79 Å². The molecule has 2 atom stereocenters. The Kier molecular flexibility index (Phi) is 4.32. The van der Waals surface area contributed by atoms with Gasteiger partial charge in [0.05, 0.1) is 6.10 Å². The fraction of sp³-hybridized carbons (Fsp3) is 0.842. The van der Waals surface area contributed by atoms with Crippen LogP contribution in [0.15, 0.2) is 11.6 Å². The first kappa shape index (κ1) is 17.9. The van der Waals surface area contributed by atoms with E-state index in [4.69, 9.17) is 4.43 Å². The number of hydrogen-bond donors (Lipinski definition) is 0. The summed E-state index contributed by atoms with van der Waals surface area (Å²) in [4.78, 5) is 11.9. The van der Waals surface area contributed by atoms with Gasteiger partial charge in [0.15, 0.2) is 14.1 Å². The van der Waals surface area contributed by atoms with Crippen LogP contribution in [0.2, 0.25) is 18.1 Å². The third kappa shape index (κ3) is 3.26. The van der Waals surface area contributed by atoms with Crippen LogP contribution in [-0.4, -0.2) is 20.2 Å². The van der Waals surface area contributed by atoms with Crippen LogP contribution in [0.25, 0.3) is 0 Å². The summed E-state index contributed by atoms with van der Waals surface area (Å²) in [5, 5.41) is 0.222. The second kappa shape index (κ2) is 5.30. The largest absolute Gasteiger partial charge is 0.413 e. The molecule has 22 heavy (non-hydrogen) atoms. The van der Waals surface area contributed by atoms with E-state index in [1.807, 2.05) is 6.08 Å². The maximum absolute atomic E-state index is 11.9. The van der Waals surface area contributed by atoms with Gasteiger partial charge >= 0.3 is 0 Å². The van der Waals surface area contributed by atoms with Crippen molar-refractivity contribution < 1.29 is 9.22 Å². The molecule has 0 heterocycles. The number of ketones is 1. The number of carbonyl (C=O) groups is 1. The Morgan fingerprint density at radius 2 is 1.82 bits per heavy atom. The molecule has 0 unspecified atom stereocenters. The molecular formula is C19H34O2Si. The van der Waals surface area contributed by atoms with Crippen LogP contribution in [0.3, 0.4) is 0 Å². The van der Waals surface area contributed by atoms with Crippen molar-refractivity contribution in [1.29, 1.82) is 0 Å². The van der Waals surface area contributed by atoms with E-state index in [0.29, 0.717) is 12.2 Å². The Bertz CT molecular complexity index is 496. The van der Waals surface area contributed by atoms with Gasteiger partial charge in [-0.1, -0.05) is 47.1 Å². The summed E-state index contributed by atoms with van der Waals surface area (Å²) >= 11 is 0. The summed E-state index contributed by atoms with van der Waals surface area (Å²) in [6.45, 7) is 18.6. The maximum atomic E-state index is 11.9. The Morgan fingerprint density at radius 3 is 2.36 bits per heavy atom. The van der Waals surface area contributed by atoms with Crippen LogP contribution in [0.5, 0.6) is 0 Å². The maximum Gasteiger partial charge on any atom is 0.192 e. The lowest BCUT2D eigenvalue weighted by Gasteiger charge is -2.54. The molecule has 0 spiro atoms. The second-order valence-corrected chi connectivity index (χ2v) is 14.7. The fourth-order valence-corrected chi connectivity index (χ4v) is 5.02. The van der Waals surface area contributed by atoms with Crippen LogP contribution in [0.1, 0.15) is 67.2 Å². The highest BCUT2D eigenvalue weighted by Gasteiger charge is 2.51. The van der Waals surface area contributed by atoms with Gasteiger partial charge in [0.25, 0.3) is 0 Å². The van der Waals surface area contributed by atoms with Gasteiger partial charge in [0.2, 0.25) is 0 Å². The Morgan fingerprint density at radius 1 is 1.23 bits per heavy atom. The van der Waals surface area contributed by atoms with Gasteiger partial charge < -0.3 is 4.43 Å². The molecule has 2 nitrogen and oxygen atoms in total. The minimum atomic E-state index is -1.81. The van der Waals surface area contributed by atoms with E-state index in [1.165, 1.54) is 5.57 Å². The van der Waals surface area contributed by atoms with Gasteiger partial charge in [0.1, 0.15) is 0 Å². The molecule has 3 heteroatoms. The zero-order valence-electron chi connectivity index (χ0n) is 15.8. The first-order valence-corrected chi connectivity index (χ1v) is 11.6. The summed E-state index contributed by atoms with van der Waals surface area (Å²) in [6, 6.07) is 0. The molecule has 0 bridgehead atoms. The van der Waals surface area contributed by atoms with E-state index in [0.717, 1.165) is 19.3 Å². The van der Waals surface area contributed by atoms with Gasteiger partial charge in [-0.05, 0) is 48.9 Å². The van der Waals surface area contributed by atoms with Crippen LogP contribution in [-0.2, 0) is 9.22 Å². The molecule has 0 amide bonds. The molecule has 0 N–H and O–H groups in total. The van der Waals surface area contributed by atoms with Crippen molar-refractivity contribution in [1.82, 2.24) is 0 Å². The molecule has 0 aromatic heterocycles. The van der Waals surface area contributed by atoms with Crippen molar-refractivity contribution in [3.8, 4) is 0 Å². The number of carbonyl (C=O) groups excluding carboxylic acids is 1. The predicted octanol–water partition coefficient (Wildman–Crippen LogP) is 5.49. The fourth-order valence-electron chi connectivity index (χ4n) is 3.61. The van der Waals surface area contributed by atoms with Crippen LogP contribution >= 0.6 is 0 Å². The molecule has 0 aromatic carbocycles. The average Bonchev–Trinajstić information content (AvgIpc) is 2.29. The highest BCUT2D eigenvalue weighted by atomic mass is 28.4. The van der Waals surface area contributed by atoms with Crippen molar-refractivity contribution in [3.63, 3.8) is 0 Å². The molecule has 2 aliphatic carbocycles. The van der Waals surface area contributed by atoms with Crippen molar-refractivity contribution in [2.24, 2.45) is 10.8 Å². The average molecular weight is 323 g/mol. The first-order chi connectivity index (χ1) is 9.77. The Hall–Kier alpha value is -0.413. The molecule has 0 radical (unpaired) electrons. The monoisotopic (exact) mass is 322 g/mol. The Labute approximate surface area is 137 Å². The van der Waals surface area contributed by atoms with Crippen molar-refractivity contribution >= 4 is 14.1 Å². The minimum absolute atomic E-state index is 0.0545. The molecule has 1 saturated carbocycles. The standard InChI is InChI=1S/C19H34O2Si/c1-17(2,3)22(7,8)21-16-13-18(4,5)12-14-11-15(20)9-10-19(14,16)6/h11,16H,9-10,12-13H2,1-8H3/t16-,19-/m1/s1. The van der Waals surface area contributed by atoms with Crippen molar-refractivity contribution in [3.05, 3.63) is 11.6 Å². The molecule has 126 valence electrons. The van der Waals surface area contributed by atoms with E-state index in [1.54, 1.807) is 0 Å². The number of fused-ring (bicyclic) bond motifs is 1. The van der Waals surface area contributed by atoms with Gasteiger partial charge in [-0.2, -0.15) is 0 Å². The Balaban J connectivity index is 2.37. The smallest absolute Gasteiger partial charge is 0.192 e. The van der Waals surface area contributed by atoms with Gasteiger partial charge in [-0.15, -0.1) is 0 Å². The normalized spacial score (nSPS) is 32.5. The third-order valence-corrected chi connectivity index (χ3v) is 10.8. The summed E-state index contributed by atoms with van der Waals surface area (Å²) in [6.07, 6.45) is 5.95. The minimum Gasteiger partial charge on any atom is -0.413 e. The topological polar surface area (TPSA) is 26.3 Å². The van der Waals surface area contributed by atoms with Crippen LogP contribution in [0, 0.1) is 10.8 Å². The van der Waals surface area contributed by atoms with Gasteiger partial charge in [0, 0.05) is 11.8 Å². The highest BCUT2D eigenvalue weighted by Crippen LogP contribution is 2.55. The molecule has 2 rings (SSSR count). The summed E-state index contributed by atoms with van der Waals surface area (Å²) in [7, 11) is -1.81. The van der Waals surface area contributed by atoms with Crippen molar-refractivity contribution in [2.45, 2.75) is 91.5 Å². The quantitative estimate of drug-likeness (QED) is 0.628. The number of rotatable bonds is 2. The van der Waals surface area contributed by atoms with Crippen LogP contribution in [0.4, 0.5) is 0 Å². The highest BCUT2D eigenvalue weighted by molar-refractivity contribution is 6.74. The second-order valence-electron chi connectivity index (χ2n) is 9.97. The summed E-state index contributed by atoms with van der Waals surface area (Å²) in [5.74, 6) is 0.302. The lowest BCUT2D eigenvalue weighted by molar-refractivity contribution is -0.117. The predicted molar refractivity (Wildman–Crippen MR) is 95.5 cm³/mol. The van der Waals surface area contributed by atoms with E-state index >= 15 is 0 Å². The van der Waals surface area contributed by atoms with Crippen molar-refractivity contribution in [2.75, 3.05) is 0 Å². The summed E-state index contributed by atoms with van der Waals surface area (Å²) in [5.41, 5.74) is 1.61. The van der Waals surface area contributed by atoms with E-state index in [-0.39, 0.29) is 22.0 Å². The third-order valence-electron chi connectivity index (χ3n) is 6.32. The molecule has 0 aromatic rings. The van der Waals surface area contributed by atoms with Gasteiger partial charge in [-0.25, -0.2) is 0 Å². The molecule has 2 aliphatic rings. The first-order valence-electron chi connectivity index (χ1n) is 8.69. The van der Waals surface area contributed by atoms with E-state index in [2.05, 4.69) is 54.6 Å². The molecular weight excluding hydrogens is 288 g/mol. The zero-order valence-corrected chi connectivity index (χ0v) is 16.8. The van der Waals surface area contributed by atoms with E-state index < -0.39 is 8.32 Å². The lowest BCUT2D eigenvalue weighted by Crippen LogP contribution is -2.53. The number of allylic oxidation sites excluding steroid dienone is 1. The zero-order chi connectivity index (χ0) is 17.0. The van der Waals surface area contributed by atoms with Crippen LogP contribution < -0.4 is 0 Å².